The van der Waals surface area contributed by atoms with Gasteiger partial charge in [0.1, 0.15) is 5.82 Å². The zero-order valence-corrected chi connectivity index (χ0v) is 17.7. The molecule has 2 aliphatic heterocycles. The standard InChI is InChI=1S/C24H26N6O/c1-31-11-10-29-9-7-25-23(29)15-28-16-24(17-28)6-8-30-22(24)13-21(27-30)19-12-18-4-2-3-5-20(18)26-14-19/h2-5,7,9,12-14H,6,8,10-11,15-17H2,1H3. The molecule has 0 unspecified atom stereocenters. The van der Waals surface area contributed by atoms with Gasteiger partial charge >= 0.3 is 0 Å². The van der Waals surface area contributed by atoms with Crippen LogP contribution in [0.2, 0.25) is 0 Å². The van der Waals surface area contributed by atoms with E-state index in [4.69, 9.17) is 9.84 Å². The fourth-order valence-corrected chi connectivity index (χ4v) is 5.14. The number of likely N-dealkylation sites (tertiary alicyclic amines) is 1. The first kappa shape index (κ1) is 18.7. The van der Waals surface area contributed by atoms with E-state index < -0.39 is 0 Å². The Hall–Kier alpha value is -3.03. The van der Waals surface area contributed by atoms with E-state index in [1.165, 1.54) is 12.1 Å². The molecule has 7 heteroatoms. The fourth-order valence-electron chi connectivity index (χ4n) is 5.14. The smallest absolute Gasteiger partial charge is 0.122 e. The van der Waals surface area contributed by atoms with Gasteiger partial charge in [-0.2, -0.15) is 5.10 Å². The average molecular weight is 415 g/mol. The molecule has 1 saturated heterocycles. The summed E-state index contributed by atoms with van der Waals surface area (Å²) in [5.41, 5.74) is 4.73. The summed E-state index contributed by atoms with van der Waals surface area (Å²) in [6, 6.07) is 12.7. The molecule has 31 heavy (non-hydrogen) atoms. The molecule has 4 aromatic rings. The number of para-hydroxylation sites is 1. The van der Waals surface area contributed by atoms with Gasteiger partial charge in [-0.1, -0.05) is 18.2 Å². The van der Waals surface area contributed by atoms with Gasteiger partial charge in [0, 0.05) is 73.9 Å². The van der Waals surface area contributed by atoms with Crippen LogP contribution in [0.5, 0.6) is 0 Å². The molecule has 0 radical (unpaired) electrons. The molecule has 3 aromatic heterocycles. The molecule has 1 spiro atoms. The topological polar surface area (TPSA) is 61.0 Å². The van der Waals surface area contributed by atoms with Crippen molar-refractivity contribution in [2.24, 2.45) is 0 Å². The number of hydrogen-bond donors (Lipinski definition) is 0. The van der Waals surface area contributed by atoms with Crippen LogP contribution in [-0.2, 0) is 29.8 Å². The van der Waals surface area contributed by atoms with Crippen molar-refractivity contribution in [3.63, 3.8) is 0 Å². The van der Waals surface area contributed by atoms with Crippen LogP contribution in [0.1, 0.15) is 17.9 Å². The summed E-state index contributed by atoms with van der Waals surface area (Å²) in [7, 11) is 1.74. The number of methoxy groups -OCH3 is 1. The first-order chi connectivity index (χ1) is 15.2. The highest BCUT2D eigenvalue weighted by Gasteiger charge is 2.49. The zero-order chi connectivity index (χ0) is 20.8. The van der Waals surface area contributed by atoms with E-state index in [0.717, 1.165) is 60.7 Å². The van der Waals surface area contributed by atoms with Crippen molar-refractivity contribution < 1.29 is 4.74 Å². The fraction of sp³-hybridized carbons (Fsp3) is 0.375. The summed E-state index contributed by atoms with van der Waals surface area (Å²) >= 11 is 0. The lowest BCUT2D eigenvalue weighted by Crippen LogP contribution is -2.57. The van der Waals surface area contributed by atoms with Crippen LogP contribution >= 0.6 is 0 Å². The minimum absolute atomic E-state index is 0.222. The lowest BCUT2D eigenvalue weighted by Gasteiger charge is -2.47. The van der Waals surface area contributed by atoms with Crippen LogP contribution in [0.15, 0.2) is 55.0 Å². The molecule has 7 nitrogen and oxygen atoms in total. The quantitative estimate of drug-likeness (QED) is 0.485. The number of aryl methyl sites for hydroxylation is 1. The van der Waals surface area contributed by atoms with Crippen LogP contribution < -0.4 is 0 Å². The molecule has 6 rings (SSSR count). The Morgan fingerprint density at radius 1 is 1.13 bits per heavy atom. The number of aromatic nitrogens is 5. The first-order valence-corrected chi connectivity index (χ1v) is 10.9. The van der Waals surface area contributed by atoms with Gasteiger partial charge in [-0.25, -0.2) is 4.98 Å². The average Bonchev–Trinajstić information content (AvgIpc) is 3.47. The molecule has 5 heterocycles. The molecule has 0 aliphatic carbocycles. The summed E-state index contributed by atoms with van der Waals surface area (Å²) < 4.78 is 9.62. The number of ether oxygens (including phenoxy) is 1. The van der Waals surface area contributed by atoms with Crippen LogP contribution in [0.25, 0.3) is 22.2 Å². The maximum absolute atomic E-state index is 5.22. The highest BCUT2D eigenvalue weighted by Crippen LogP contribution is 2.44. The molecular formula is C24H26N6O. The molecule has 2 aliphatic rings. The van der Waals surface area contributed by atoms with Gasteiger partial charge in [0.15, 0.2) is 0 Å². The Balaban J connectivity index is 1.20. The monoisotopic (exact) mass is 414 g/mol. The Labute approximate surface area is 181 Å². The summed E-state index contributed by atoms with van der Waals surface area (Å²) in [6.45, 7) is 5.55. The lowest BCUT2D eigenvalue weighted by atomic mass is 9.76. The van der Waals surface area contributed by atoms with Gasteiger partial charge in [0.25, 0.3) is 0 Å². The summed E-state index contributed by atoms with van der Waals surface area (Å²) in [5, 5.41) is 6.08. The highest BCUT2D eigenvalue weighted by atomic mass is 16.5. The minimum Gasteiger partial charge on any atom is -0.383 e. The normalized spacial score (nSPS) is 17.3. The second-order valence-electron chi connectivity index (χ2n) is 8.76. The van der Waals surface area contributed by atoms with E-state index in [1.807, 2.05) is 30.7 Å². The Morgan fingerprint density at radius 3 is 2.94 bits per heavy atom. The van der Waals surface area contributed by atoms with Crippen molar-refractivity contribution in [1.29, 1.82) is 0 Å². The maximum Gasteiger partial charge on any atom is 0.122 e. The van der Waals surface area contributed by atoms with Crippen molar-refractivity contribution in [3.05, 3.63) is 66.5 Å². The van der Waals surface area contributed by atoms with Crippen LogP contribution in [0.3, 0.4) is 0 Å². The summed E-state index contributed by atoms with van der Waals surface area (Å²) in [5.74, 6) is 1.11. The van der Waals surface area contributed by atoms with Gasteiger partial charge in [0.2, 0.25) is 0 Å². The molecule has 0 N–H and O–H groups in total. The van der Waals surface area contributed by atoms with Gasteiger partial charge in [-0.15, -0.1) is 0 Å². The molecule has 0 bridgehead atoms. The number of hydrogen-bond acceptors (Lipinski definition) is 5. The van der Waals surface area contributed by atoms with Gasteiger partial charge < -0.3 is 9.30 Å². The van der Waals surface area contributed by atoms with Crippen LogP contribution in [-0.4, -0.2) is 56.0 Å². The summed E-state index contributed by atoms with van der Waals surface area (Å²) in [6.07, 6.45) is 7.04. The highest BCUT2D eigenvalue weighted by molar-refractivity contribution is 5.82. The number of nitrogens with zero attached hydrogens (tertiary/aromatic N) is 6. The van der Waals surface area contributed by atoms with Crippen molar-refractivity contribution in [2.45, 2.75) is 31.5 Å². The zero-order valence-electron chi connectivity index (χ0n) is 17.7. The van der Waals surface area contributed by atoms with E-state index in [1.54, 1.807) is 7.11 Å². The number of pyridine rings is 1. The third-order valence-electron chi connectivity index (χ3n) is 6.77. The van der Waals surface area contributed by atoms with Crippen molar-refractivity contribution in [2.75, 3.05) is 26.8 Å². The number of benzene rings is 1. The Kier molecular flexibility index (Phi) is 4.40. The molecule has 158 valence electrons. The molecule has 0 saturated carbocycles. The third kappa shape index (κ3) is 3.16. The number of rotatable bonds is 6. The Morgan fingerprint density at radius 2 is 2.03 bits per heavy atom. The van der Waals surface area contributed by atoms with Crippen molar-refractivity contribution >= 4 is 10.9 Å². The van der Waals surface area contributed by atoms with Gasteiger partial charge in [-0.05, 0) is 24.6 Å². The van der Waals surface area contributed by atoms with Crippen molar-refractivity contribution in [1.82, 2.24) is 29.2 Å². The molecular weight excluding hydrogens is 388 g/mol. The van der Waals surface area contributed by atoms with Gasteiger partial charge in [-0.3, -0.25) is 14.6 Å². The predicted octanol–water partition coefficient (Wildman–Crippen LogP) is 3.10. The maximum atomic E-state index is 5.22. The van der Waals surface area contributed by atoms with Crippen LogP contribution in [0, 0.1) is 0 Å². The SMILES string of the molecule is COCCn1ccnc1CN1CC2(CCn3nc(-c4cnc5ccccc5c4)cc32)C1. The molecule has 1 fully saturated rings. The number of fused-ring (bicyclic) bond motifs is 3. The van der Waals surface area contributed by atoms with E-state index in [2.05, 4.69) is 48.4 Å². The summed E-state index contributed by atoms with van der Waals surface area (Å²) in [4.78, 5) is 11.7. The Bertz CT molecular complexity index is 1240. The van der Waals surface area contributed by atoms with E-state index in [9.17, 15) is 0 Å². The molecule has 1 aromatic carbocycles. The van der Waals surface area contributed by atoms with E-state index >= 15 is 0 Å². The molecule has 0 amide bonds. The molecule has 0 atom stereocenters. The van der Waals surface area contributed by atoms with Crippen LogP contribution in [0.4, 0.5) is 0 Å². The largest absolute Gasteiger partial charge is 0.383 e. The predicted molar refractivity (Wildman–Crippen MR) is 119 cm³/mol. The minimum atomic E-state index is 0.222. The van der Waals surface area contributed by atoms with Crippen molar-refractivity contribution in [3.8, 4) is 11.3 Å². The first-order valence-electron chi connectivity index (χ1n) is 10.9. The second-order valence-corrected chi connectivity index (χ2v) is 8.76. The van der Waals surface area contributed by atoms with E-state index in [0.29, 0.717) is 6.61 Å². The van der Waals surface area contributed by atoms with Gasteiger partial charge in [0.05, 0.1) is 24.4 Å². The number of imidazole rings is 1. The third-order valence-corrected chi connectivity index (χ3v) is 6.77. The second kappa shape index (κ2) is 7.28. The lowest BCUT2D eigenvalue weighted by molar-refractivity contribution is 0.0542. The van der Waals surface area contributed by atoms with E-state index in [-0.39, 0.29) is 5.41 Å².